The van der Waals surface area contributed by atoms with E-state index < -0.39 is 18.0 Å². The van der Waals surface area contributed by atoms with Crippen molar-refractivity contribution in [2.75, 3.05) is 0 Å². The maximum Gasteiger partial charge on any atom is 0.314 e. The molecule has 2 atom stereocenters. The molecule has 0 unspecified atom stereocenters. The minimum atomic E-state index is -1.08. The molecular formula is C21H23BrO3. The van der Waals surface area contributed by atoms with Crippen LogP contribution in [0.5, 0.6) is 0 Å². The van der Waals surface area contributed by atoms with E-state index in [1.807, 2.05) is 36.4 Å². The fourth-order valence-electron chi connectivity index (χ4n) is 3.72. The van der Waals surface area contributed by atoms with Gasteiger partial charge in [-0.3, -0.25) is 4.79 Å². The number of carbonyl (C=O) groups is 1. The van der Waals surface area contributed by atoms with Gasteiger partial charge in [-0.05, 0) is 47.6 Å². The van der Waals surface area contributed by atoms with Gasteiger partial charge in [0, 0.05) is 4.47 Å². The Morgan fingerprint density at radius 3 is 2.04 bits per heavy atom. The molecule has 2 N–H and O–H groups in total. The average molecular weight is 403 g/mol. The van der Waals surface area contributed by atoms with Crippen molar-refractivity contribution in [3.63, 3.8) is 0 Å². The third kappa shape index (κ3) is 4.31. The van der Waals surface area contributed by atoms with E-state index in [1.54, 1.807) is 12.1 Å². The number of aliphatic carboxylic acids is 1. The van der Waals surface area contributed by atoms with Crippen LogP contribution in [0.2, 0.25) is 0 Å². The number of aliphatic hydroxyl groups excluding tert-OH is 1. The lowest BCUT2D eigenvalue weighted by atomic mass is 9.82. The van der Waals surface area contributed by atoms with E-state index in [2.05, 4.69) is 15.9 Å². The summed E-state index contributed by atoms with van der Waals surface area (Å²) >= 11 is 3.35. The zero-order valence-electron chi connectivity index (χ0n) is 14.1. The average Bonchev–Trinajstić information content (AvgIpc) is 2.63. The van der Waals surface area contributed by atoms with E-state index in [-0.39, 0.29) is 0 Å². The summed E-state index contributed by atoms with van der Waals surface area (Å²) in [6.45, 7) is 0. The van der Waals surface area contributed by atoms with Crippen molar-refractivity contribution in [1.82, 2.24) is 0 Å². The Hall–Kier alpha value is -1.65. The van der Waals surface area contributed by atoms with Crippen molar-refractivity contribution in [2.45, 2.75) is 50.0 Å². The first-order chi connectivity index (χ1) is 12.1. The van der Waals surface area contributed by atoms with Gasteiger partial charge in [0.15, 0.2) is 0 Å². The Morgan fingerprint density at radius 2 is 1.48 bits per heavy atom. The summed E-state index contributed by atoms with van der Waals surface area (Å²) in [6, 6.07) is 14.9. The van der Waals surface area contributed by atoms with Gasteiger partial charge in [0.05, 0.1) is 6.10 Å². The monoisotopic (exact) mass is 402 g/mol. The summed E-state index contributed by atoms with van der Waals surface area (Å²) in [5, 5.41) is 20.3. The van der Waals surface area contributed by atoms with E-state index in [0.29, 0.717) is 17.0 Å². The third-order valence-corrected chi connectivity index (χ3v) is 5.69. The van der Waals surface area contributed by atoms with Gasteiger partial charge in [0.2, 0.25) is 0 Å². The molecule has 25 heavy (non-hydrogen) atoms. The van der Waals surface area contributed by atoms with Crippen molar-refractivity contribution in [3.05, 3.63) is 69.7 Å². The van der Waals surface area contributed by atoms with Gasteiger partial charge in [-0.15, -0.1) is 0 Å². The van der Waals surface area contributed by atoms with Crippen LogP contribution in [0.25, 0.3) is 0 Å². The van der Waals surface area contributed by atoms with E-state index in [9.17, 15) is 15.0 Å². The molecule has 4 heteroatoms. The molecular weight excluding hydrogens is 380 g/mol. The Morgan fingerprint density at radius 1 is 0.920 bits per heavy atom. The predicted molar refractivity (Wildman–Crippen MR) is 102 cm³/mol. The summed E-state index contributed by atoms with van der Waals surface area (Å²) < 4.78 is 0.896. The molecule has 1 aliphatic rings. The minimum absolute atomic E-state index is 0.586. The Kier molecular flexibility index (Phi) is 5.92. The van der Waals surface area contributed by atoms with Gasteiger partial charge in [-0.25, -0.2) is 0 Å². The second-order valence-electron chi connectivity index (χ2n) is 6.81. The Labute approximate surface area is 156 Å². The zero-order chi connectivity index (χ0) is 17.8. The number of aliphatic hydroxyl groups is 1. The van der Waals surface area contributed by atoms with Crippen LogP contribution in [-0.2, 0) is 4.79 Å². The molecule has 3 nitrogen and oxygen atoms in total. The summed E-state index contributed by atoms with van der Waals surface area (Å²) in [5.74, 6) is -1.40. The van der Waals surface area contributed by atoms with Gasteiger partial charge < -0.3 is 10.2 Å². The fourth-order valence-corrected chi connectivity index (χ4v) is 3.99. The second-order valence-corrected chi connectivity index (χ2v) is 7.73. The molecule has 1 aliphatic carbocycles. The van der Waals surface area contributed by atoms with Crippen LogP contribution in [0.15, 0.2) is 53.0 Å². The number of hydrogen-bond donors (Lipinski definition) is 2. The van der Waals surface area contributed by atoms with Crippen LogP contribution in [0, 0.1) is 0 Å². The van der Waals surface area contributed by atoms with E-state index >= 15 is 0 Å². The lowest BCUT2D eigenvalue weighted by Crippen LogP contribution is -2.20. The molecule has 0 heterocycles. The topological polar surface area (TPSA) is 57.5 Å². The van der Waals surface area contributed by atoms with Crippen LogP contribution >= 0.6 is 15.9 Å². The maximum atomic E-state index is 11.8. The summed E-state index contributed by atoms with van der Waals surface area (Å²) in [5.41, 5.74) is 2.53. The molecule has 0 amide bonds. The zero-order valence-corrected chi connectivity index (χ0v) is 15.7. The standard InChI is InChI=1S/C21H23BrO3/c22-18-12-10-17(11-13-18)20(23)19(21(24)25)16-8-6-15(7-9-16)14-4-2-1-3-5-14/h6-14,19-20,23H,1-5H2,(H,24,25)/t19-,20+/m0/s1. The van der Waals surface area contributed by atoms with Crippen LogP contribution < -0.4 is 0 Å². The first kappa shape index (κ1) is 18.2. The van der Waals surface area contributed by atoms with Crippen LogP contribution in [-0.4, -0.2) is 16.2 Å². The van der Waals surface area contributed by atoms with Crippen LogP contribution in [0.3, 0.4) is 0 Å². The van der Waals surface area contributed by atoms with Crippen molar-refractivity contribution < 1.29 is 15.0 Å². The molecule has 0 aliphatic heterocycles. The fraction of sp³-hybridized carbons (Fsp3) is 0.381. The molecule has 1 saturated carbocycles. The second kappa shape index (κ2) is 8.15. The van der Waals surface area contributed by atoms with Gasteiger partial charge in [-0.2, -0.15) is 0 Å². The SMILES string of the molecule is O=C(O)[C@@H](c1ccc(C2CCCCC2)cc1)[C@H](O)c1ccc(Br)cc1. The molecule has 2 aromatic rings. The Balaban J connectivity index is 1.82. The predicted octanol–water partition coefficient (Wildman–Crippen LogP) is 5.40. The number of halogens is 1. The molecule has 2 aromatic carbocycles. The highest BCUT2D eigenvalue weighted by atomic mass is 79.9. The molecule has 132 valence electrons. The van der Waals surface area contributed by atoms with Crippen molar-refractivity contribution in [1.29, 1.82) is 0 Å². The molecule has 0 spiro atoms. The van der Waals surface area contributed by atoms with E-state index in [0.717, 1.165) is 4.47 Å². The normalized spacial score (nSPS) is 17.8. The maximum absolute atomic E-state index is 11.8. The van der Waals surface area contributed by atoms with E-state index in [1.165, 1.54) is 37.7 Å². The smallest absolute Gasteiger partial charge is 0.314 e. The first-order valence-electron chi connectivity index (χ1n) is 8.82. The van der Waals surface area contributed by atoms with Crippen molar-refractivity contribution >= 4 is 21.9 Å². The Bertz CT molecular complexity index is 703. The third-order valence-electron chi connectivity index (χ3n) is 5.17. The lowest BCUT2D eigenvalue weighted by Gasteiger charge is -2.23. The largest absolute Gasteiger partial charge is 0.481 e. The van der Waals surface area contributed by atoms with Crippen LogP contribution in [0.1, 0.15) is 66.7 Å². The molecule has 0 bridgehead atoms. The van der Waals surface area contributed by atoms with Crippen LogP contribution in [0.4, 0.5) is 0 Å². The number of carboxylic acid groups (broad SMARTS) is 1. The molecule has 1 fully saturated rings. The number of rotatable bonds is 5. The summed E-state index contributed by atoms with van der Waals surface area (Å²) in [7, 11) is 0. The quantitative estimate of drug-likeness (QED) is 0.703. The number of benzene rings is 2. The molecule has 3 rings (SSSR count). The summed E-state index contributed by atoms with van der Waals surface area (Å²) in [6.07, 6.45) is 5.20. The van der Waals surface area contributed by atoms with Gasteiger partial charge >= 0.3 is 5.97 Å². The van der Waals surface area contributed by atoms with Gasteiger partial charge in [-0.1, -0.05) is 71.6 Å². The minimum Gasteiger partial charge on any atom is -0.481 e. The highest BCUT2D eigenvalue weighted by molar-refractivity contribution is 9.10. The number of hydrogen-bond acceptors (Lipinski definition) is 2. The lowest BCUT2D eigenvalue weighted by molar-refractivity contribution is -0.141. The van der Waals surface area contributed by atoms with Gasteiger partial charge in [0.25, 0.3) is 0 Å². The molecule has 0 aromatic heterocycles. The molecule has 0 saturated heterocycles. The van der Waals surface area contributed by atoms with Crippen molar-refractivity contribution in [2.24, 2.45) is 0 Å². The first-order valence-corrected chi connectivity index (χ1v) is 9.62. The highest BCUT2D eigenvalue weighted by Gasteiger charge is 2.29. The summed E-state index contributed by atoms with van der Waals surface area (Å²) in [4.78, 5) is 11.8. The van der Waals surface area contributed by atoms with Crippen molar-refractivity contribution in [3.8, 4) is 0 Å². The highest BCUT2D eigenvalue weighted by Crippen LogP contribution is 2.35. The number of carboxylic acids is 1. The van der Waals surface area contributed by atoms with Gasteiger partial charge in [0.1, 0.15) is 5.92 Å². The molecule has 0 radical (unpaired) electrons. The van der Waals surface area contributed by atoms with E-state index in [4.69, 9.17) is 0 Å².